The monoisotopic (exact) mass is 633 g/mol. The van der Waals surface area contributed by atoms with E-state index in [1.54, 1.807) is 47.5 Å². The van der Waals surface area contributed by atoms with Crippen molar-refractivity contribution in [2.45, 2.75) is 50.2 Å². The number of esters is 1. The highest BCUT2D eigenvalue weighted by atomic mass is 35.5. The molecular formula is C34H36ClN3O5S. The number of ether oxygens (including phenoxy) is 1. The standard InChI is InChI=1S/C34H36ClN3O5S/c1-25-21-31(11-16-36-25)37-17-12-30(13-18-37)38(19-14-34(40)43-24-26-5-3-2-4-6-26)33(39)15-20-44(41,42)32-10-8-27-22-29(35)9-7-28(27)23-32/h2-11,16,21-23,30H,12-15,17-20,24H2,1H3. The van der Waals surface area contributed by atoms with Gasteiger partial charge in [0, 0.05) is 54.7 Å². The third kappa shape index (κ3) is 8.15. The molecule has 10 heteroatoms. The van der Waals surface area contributed by atoms with E-state index in [1.165, 1.54) is 0 Å². The molecule has 1 amide bonds. The summed E-state index contributed by atoms with van der Waals surface area (Å²) in [6, 6.07) is 23.5. The van der Waals surface area contributed by atoms with Crippen molar-refractivity contribution in [1.29, 1.82) is 0 Å². The number of aryl methyl sites for hydroxylation is 1. The summed E-state index contributed by atoms with van der Waals surface area (Å²) in [5, 5.41) is 2.17. The molecule has 0 radical (unpaired) electrons. The van der Waals surface area contributed by atoms with E-state index in [1.807, 2.05) is 49.4 Å². The first kappa shape index (κ1) is 31.5. The van der Waals surface area contributed by atoms with Crippen LogP contribution in [-0.2, 0) is 30.8 Å². The number of aromatic nitrogens is 1. The first-order valence-corrected chi connectivity index (χ1v) is 16.8. The Labute approximate surface area is 263 Å². The maximum absolute atomic E-state index is 13.6. The minimum Gasteiger partial charge on any atom is -0.461 e. The van der Waals surface area contributed by atoms with Crippen LogP contribution in [0.5, 0.6) is 0 Å². The Morgan fingerprint density at radius 2 is 1.68 bits per heavy atom. The van der Waals surface area contributed by atoms with Gasteiger partial charge >= 0.3 is 5.97 Å². The van der Waals surface area contributed by atoms with Crippen molar-refractivity contribution in [2.24, 2.45) is 0 Å². The minimum absolute atomic E-state index is 0.0301. The molecule has 5 rings (SSSR count). The number of hydrogen-bond donors (Lipinski definition) is 0. The molecule has 0 unspecified atom stereocenters. The van der Waals surface area contributed by atoms with Crippen LogP contribution in [0.4, 0.5) is 5.69 Å². The number of piperidine rings is 1. The summed E-state index contributed by atoms with van der Waals surface area (Å²) in [6.45, 7) is 3.75. The van der Waals surface area contributed by atoms with Crippen LogP contribution in [0.25, 0.3) is 10.8 Å². The van der Waals surface area contributed by atoms with Gasteiger partial charge in [0.15, 0.2) is 9.84 Å². The molecule has 1 saturated heterocycles. The van der Waals surface area contributed by atoms with E-state index in [4.69, 9.17) is 16.3 Å². The summed E-state index contributed by atoms with van der Waals surface area (Å²) in [5.74, 6) is -1.01. The molecule has 4 aromatic rings. The number of pyridine rings is 1. The average molecular weight is 634 g/mol. The third-order valence-corrected chi connectivity index (χ3v) is 9.94. The van der Waals surface area contributed by atoms with Gasteiger partial charge < -0.3 is 14.5 Å². The zero-order valence-electron chi connectivity index (χ0n) is 24.7. The number of sulfone groups is 1. The number of nitrogens with zero attached hydrogens (tertiary/aromatic N) is 3. The van der Waals surface area contributed by atoms with Gasteiger partial charge in [-0.1, -0.05) is 54.1 Å². The normalized spacial score (nSPS) is 14.0. The van der Waals surface area contributed by atoms with Gasteiger partial charge in [-0.05, 0) is 72.5 Å². The van der Waals surface area contributed by atoms with Gasteiger partial charge in [-0.15, -0.1) is 0 Å². The smallest absolute Gasteiger partial charge is 0.307 e. The van der Waals surface area contributed by atoms with Gasteiger partial charge in [-0.2, -0.15) is 0 Å². The Balaban J connectivity index is 1.24. The molecular weight excluding hydrogens is 598 g/mol. The number of anilines is 1. The molecule has 0 aliphatic carbocycles. The highest BCUT2D eigenvalue weighted by Crippen LogP contribution is 2.26. The van der Waals surface area contributed by atoms with Crippen molar-refractivity contribution in [2.75, 3.05) is 30.3 Å². The number of benzene rings is 3. The van der Waals surface area contributed by atoms with E-state index >= 15 is 0 Å². The molecule has 8 nitrogen and oxygen atoms in total. The molecule has 0 bridgehead atoms. The molecule has 2 heterocycles. The second-order valence-corrected chi connectivity index (χ2v) is 13.6. The Morgan fingerprint density at radius 3 is 2.43 bits per heavy atom. The highest BCUT2D eigenvalue weighted by Gasteiger charge is 2.30. The second-order valence-electron chi connectivity index (χ2n) is 11.1. The van der Waals surface area contributed by atoms with Crippen molar-refractivity contribution < 1.29 is 22.7 Å². The predicted octanol–water partition coefficient (Wildman–Crippen LogP) is 5.99. The van der Waals surface area contributed by atoms with Crippen molar-refractivity contribution in [1.82, 2.24) is 9.88 Å². The molecule has 1 fully saturated rings. The fraction of sp³-hybridized carbons (Fsp3) is 0.324. The lowest BCUT2D eigenvalue weighted by atomic mass is 10.0. The van der Waals surface area contributed by atoms with Crippen LogP contribution in [0, 0.1) is 6.92 Å². The number of carbonyl (C=O) groups excluding carboxylic acids is 2. The van der Waals surface area contributed by atoms with Gasteiger partial charge in [0.2, 0.25) is 5.91 Å². The van der Waals surface area contributed by atoms with Crippen LogP contribution < -0.4 is 4.90 Å². The Hall–Kier alpha value is -3.95. The van der Waals surface area contributed by atoms with E-state index in [2.05, 4.69) is 9.88 Å². The first-order valence-electron chi connectivity index (χ1n) is 14.8. The summed E-state index contributed by atoms with van der Waals surface area (Å²) in [5.41, 5.74) is 2.91. The molecule has 0 spiro atoms. The maximum Gasteiger partial charge on any atom is 0.307 e. The summed E-state index contributed by atoms with van der Waals surface area (Å²) in [7, 11) is -3.73. The Bertz CT molecular complexity index is 1720. The number of fused-ring (bicyclic) bond motifs is 1. The summed E-state index contributed by atoms with van der Waals surface area (Å²) < 4.78 is 32.0. The lowest BCUT2D eigenvalue weighted by Gasteiger charge is -2.39. The highest BCUT2D eigenvalue weighted by molar-refractivity contribution is 7.91. The molecule has 230 valence electrons. The van der Waals surface area contributed by atoms with Gasteiger partial charge in [0.25, 0.3) is 0 Å². The second kappa shape index (κ2) is 14.2. The van der Waals surface area contributed by atoms with Crippen molar-refractivity contribution >= 4 is 49.8 Å². The molecule has 0 saturated carbocycles. The molecule has 1 aromatic heterocycles. The Morgan fingerprint density at radius 1 is 0.955 bits per heavy atom. The lowest BCUT2D eigenvalue weighted by Crippen LogP contribution is -2.48. The lowest BCUT2D eigenvalue weighted by molar-refractivity contribution is -0.146. The zero-order valence-corrected chi connectivity index (χ0v) is 26.3. The number of hydrogen-bond acceptors (Lipinski definition) is 7. The third-order valence-electron chi connectivity index (χ3n) is 7.99. The number of carbonyl (C=O) groups is 2. The molecule has 0 N–H and O–H groups in total. The van der Waals surface area contributed by atoms with E-state index < -0.39 is 15.8 Å². The fourth-order valence-corrected chi connectivity index (χ4v) is 7.01. The number of amides is 1. The van der Waals surface area contributed by atoms with Crippen molar-refractivity contribution in [3.8, 4) is 0 Å². The van der Waals surface area contributed by atoms with Crippen LogP contribution in [0.2, 0.25) is 5.02 Å². The van der Waals surface area contributed by atoms with Gasteiger partial charge in [0.05, 0.1) is 17.1 Å². The molecule has 1 aliphatic rings. The van der Waals surface area contributed by atoms with E-state index in [9.17, 15) is 18.0 Å². The van der Waals surface area contributed by atoms with E-state index in [0.717, 1.165) is 40.8 Å². The van der Waals surface area contributed by atoms with E-state index in [-0.39, 0.29) is 48.6 Å². The molecule has 1 aliphatic heterocycles. The fourth-order valence-electron chi connectivity index (χ4n) is 5.57. The van der Waals surface area contributed by atoms with Crippen LogP contribution in [-0.4, -0.2) is 61.6 Å². The summed E-state index contributed by atoms with van der Waals surface area (Å²) in [4.78, 5) is 34.7. The van der Waals surface area contributed by atoms with Gasteiger partial charge in [-0.3, -0.25) is 14.6 Å². The van der Waals surface area contributed by atoms with Crippen LogP contribution in [0.3, 0.4) is 0 Å². The van der Waals surface area contributed by atoms with Crippen molar-refractivity contribution in [3.63, 3.8) is 0 Å². The molecule has 3 aromatic carbocycles. The topological polar surface area (TPSA) is 96.9 Å². The van der Waals surface area contributed by atoms with Crippen LogP contribution in [0.1, 0.15) is 36.9 Å². The molecule has 44 heavy (non-hydrogen) atoms. The number of halogens is 1. The minimum atomic E-state index is -3.73. The van der Waals surface area contributed by atoms with Gasteiger partial charge in [0.1, 0.15) is 6.61 Å². The predicted molar refractivity (Wildman–Crippen MR) is 172 cm³/mol. The van der Waals surface area contributed by atoms with E-state index in [0.29, 0.717) is 17.9 Å². The quantitative estimate of drug-likeness (QED) is 0.187. The SMILES string of the molecule is Cc1cc(N2CCC(N(CCC(=O)OCc3ccccc3)C(=O)CCS(=O)(=O)c3ccc4cc(Cl)ccc4c3)CC2)ccn1. The first-order chi connectivity index (χ1) is 21.2. The van der Waals surface area contributed by atoms with Crippen LogP contribution >= 0.6 is 11.6 Å². The maximum atomic E-state index is 13.6. The van der Waals surface area contributed by atoms with Gasteiger partial charge in [-0.25, -0.2) is 8.42 Å². The van der Waals surface area contributed by atoms with Crippen molar-refractivity contribution in [3.05, 3.63) is 101 Å². The number of rotatable bonds is 11. The molecule has 0 atom stereocenters. The summed E-state index contributed by atoms with van der Waals surface area (Å²) in [6.07, 6.45) is 3.04. The largest absolute Gasteiger partial charge is 0.461 e. The summed E-state index contributed by atoms with van der Waals surface area (Å²) >= 11 is 6.07. The zero-order chi connectivity index (χ0) is 31.1. The Kier molecular flexibility index (Phi) is 10.2. The average Bonchev–Trinajstić information content (AvgIpc) is 3.03. The van der Waals surface area contributed by atoms with Crippen LogP contribution in [0.15, 0.2) is 90.0 Å².